The minimum atomic E-state index is -1.36. The molecule has 0 aliphatic carbocycles. The quantitative estimate of drug-likeness (QED) is 0.0889. The van der Waals surface area contributed by atoms with Crippen LogP contribution in [0, 0.1) is 18.3 Å². The Hall–Kier alpha value is -6.35. The van der Waals surface area contributed by atoms with E-state index >= 15 is 0 Å². The topological polar surface area (TPSA) is 244 Å². The van der Waals surface area contributed by atoms with Gasteiger partial charge in [-0.2, -0.15) is 5.26 Å². The number of likely N-dealkylation sites (N-methyl/N-ethyl adjacent to an activating group) is 1. The monoisotopic (exact) mass is 965 g/mol. The van der Waals surface area contributed by atoms with Crippen LogP contribution in [0.3, 0.4) is 0 Å². The smallest absolute Gasteiger partial charge is 0.253 e. The molecule has 0 saturated carbocycles. The Morgan fingerprint density at radius 2 is 1.59 bits per heavy atom. The van der Waals surface area contributed by atoms with Crippen LogP contribution < -0.4 is 42.2 Å². The second-order valence-electron chi connectivity index (χ2n) is 17.2. The van der Waals surface area contributed by atoms with Crippen molar-refractivity contribution in [1.29, 1.82) is 5.26 Å². The highest BCUT2D eigenvalue weighted by molar-refractivity contribution is 9.10. The van der Waals surface area contributed by atoms with E-state index in [0.717, 1.165) is 5.56 Å². The fraction of sp³-hybridized carbons (Fsp3) is 0.408. The van der Waals surface area contributed by atoms with Gasteiger partial charge in [-0.1, -0.05) is 70.5 Å². The maximum atomic E-state index is 14.8. The van der Waals surface area contributed by atoms with E-state index in [1.807, 2.05) is 25.1 Å². The number of benzene rings is 3. The lowest BCUT2D eigenvalue weighted by Gasteiger charge is -2.32. The van der Waals surface area contributed by atoms with E-state index in [1.54, 1.807) is 49.4 Å². The van der Waals surface area contributed by atoms with Gasteiger partial charge in [-0.3, -0.25) is 29.0 Å². The van der Waals surface area contributed by atoms with Gasteiger partial charge < -0.3 is 47.1 Å². The second-order valence-corrected chi connectivity index (χ2v) is 18.0. The summed E-state index contributed by atoms with van der Waals surface area (Å²) in [5.74, 6) is -2.31. The molecular weight excluding hydrogens is 906 g/mol. The molecule has 8 N–H and O–H groups in total. The summed E-state index contributed by atoms with van der Waals surface area (Å²) in [4.78, 5) is 76.6. The molecule has 0 unspecified atom stereocenters. The number of fused-ring (bicyclic) bond motifs is 5. The third-order valence-electron chi connectivity index (χ3n) is 11.2. The van der Waals surface area contributed by atoms with Gasteiger partial charge in [0, 0.05) is 47.7 Å². The molecule has 0 fully saturated rings. The molecule has 0 radical (unpaired) electrons. The maximum Gasteiger partial charge on any atom is 0.253 e. The predicted octanol–water partition coefficient (Wildman–Crippen LogP) is 4.74. The number of ether oxygens (including phenoxy) is 2. The molecule has 1 aliphatic rings. The Kier molecular flexibility index (Phi) is 17.4. The van der Waals surface area contributed by atoms with Crippen LogP contribution in [0.1, 0.15) is 86.2 Å². The van der Waals surface area contributed by atoms with Crippen LogP contribution in [0.4, 0.5) is 0 Å². The van der Waals surface area contributed by atoms with Crippen molar-refractivity contribution in [2.75, 3.05) is 39.9 Å². The highest BCUT2D eigenvalue weighted by Gasteiger charge is 2.36. The third kappa shape index (κ3) is 12.3. The molecule has 4 atom stereocenters. The zero-order valence-corrected chi connectivity index (χ0v) is 40.1. The summed E-state index contributed by atoms with van der Waals surface area (Å²) < 4.78 is 12.8. The van der Waals surface area contributed by atoms with Gasteiger partial charge in [0.05, 0.1) is 23.0 Å². The Morgan fingerprint density at radius 1 is 0.955 bits per heavy atom. The summed E-state index contributed by atoms with van der Waals surface area (Å²) in [6.45, 7) is 11.9. The van der Waals surface area contributed by atoms with Crippen LogP contribution >= 0.6 is 15.9 Å². The van der Waals surface area contributed by atoms with E-state index in [1.165, 1.54) is 24.4 Å². The number of carbonyl (C=O) groups excluding carboxylic acids is 5. The number of nitrogens with two attached hydrogens (primary N) is 2. The molecule has 16 nitrogen and oxygen atoms in total. The molecule has 3 aromatic carbocycles. The van der Waals surface area contributed by atoms with Gasteiger partial charge in [0.1, 0.15) is 55.4 Å². The standard InChI is InChI=1S/C49H60BrN9O7/c1-8-9-38(57-45(61)34-27-37(50)42(55-28(34)2)31-11-14-33(15-12-31)49(4,5)6)48(64)59(7)43-32-13-17-41(66-23-20-53)36(26-32)35-24-30(10-16-40(35)65-22-19-52)25-39(46(62)54-21-18-51)58-44(60)29(3)56-47(43)63/h10-17,24,26-27,29,38-39,43H,8-9,19-23,25,52-53H2,1-7H3,(H,54,62)(H,56,63)(H,57,61)(H,58,60)/t29-,38-,39-,43-/m0/s1. The first-order chi connectivity index (χ1) is 31.4. The van der Waals surface area contributed by atoms with Gasteiger partial charge in [0.2, 0.25) is 23.6 Å². The van der Waals surface area contributed by atoms with Gasteiger partial charge >= 0.3 is 0 Å². The number of nitrogens with one attached hydrogen (secondary N) is 4. The van der Waals surface area contributed by atoms with Crippen molar-refractivity contribution in [2.45, 2.75) is 90.4 Å². The van der Waals surface area contributed by atoms with Gasteiger partial charge in [0.15, 0.2) is 0 Å². The lowest BCUT2D eigenvalue weighted by atomic mass is 9.86. The Labute approximate surface area is 394 Å². The number of rotatable bonds is 15. The molecule has 66 heavy (non-hydrogen) atoms. The second kappa shape index (κ2) is 22.7. The summed E-state index contributed by atoms with van der Waals surface area (Å²) in [6, 6.07) is 17.2. The highest BCUT2D eigenvalue weighted by atomic mass is 79.9. The van der Waals surface area contributed by atoms with Crippen LogP contribution in [-0.2, 0) is 31.0 Å². The average Bonchev–Trinajstić information content (AvgIpc) is 3.29. The third-order valence-corrected chi connectivity index (χ3v) is 11.8. The summed E-state index contributed by atoms with van der Waals surface area (Å²) in [6.07, 6.45) is 0.749. The fourth-order valence-corrected chi connectivity index (χ4v) is 8.18. The van der Waals surface area contributed by atoms with E-state index in [-0.39, 0.29) is 56.7 Å². The predicted molar refractivity (Wildman–Crippen MR) is 255 cm³/mol. The first kappa shape index (κ1) is 50.6. The van der Waals surface area contributed by atoms with Gasteiger partial charge in [-0.05, 0) is 88.6 Å². The summed E-state index contributed by atoms with van der Waals surface area (Å²) in [5.41, 5.74) is 17.0. The normalized spacial score (nSPS) is 16.7. The number of hydrogen-bond donors (Lipinski definition) is 6. The van der Waals surface area contributed by atoms with Crippen LogP contribution in [0.5, 0.6) is 11.5 Å². The Bertz CT molecular complexity index is 2470. The molecule has 4 aromatic rings. The van der Waals surface area contributed by atoms with Crippen molar-refractivity contribution in [1.82, 2.24) is 31.2 Å². The molecule has 4 bridgehead atoms. The molecule has 17 heteroatoms. The summed E-state index contributed by atoms with van der Waals surface area (Å²) in [7, 11) is 1.46. The Balaban J connectivity index is 1.57. The molecule has 1 aliphatic heterocycles. The zero-order chi connectivity index (χ0) is 48.3. The lowest BCUT2D eigenvalue weighted by Crippen LogP contribution is -2.56. The highest BCUT2D eigenvalue weighted by Crippen LogP contribution is 2.40. The molecule has 1 aromatic heterocycles. The SMILES string of the molecule is CCC[C@H](NC(=O)c1cc(Br)c(-c2ccc(C(C)(C)C)cc2)nc1C)C(=O)N(C)[C@@H]1C(=O)N[C@@H](C)C(=O)N[C@H](C(=O)NCC#N)Cc2ccc(OCCN)c(c2)-c2cc1ccc2OCCN. The molecule has 2 heterocycles. The van der Waals surface area contributed by atoms with E-state index in [2.05, 4.69) is 70.1 Å². The maximum absolute atomic E-state index is 14.8. The number of nitriles is 1. The number of aromatic nitrogens is 1. The molecule has 350 valence electrons. The van der Waals surface area contributed by atoms with E-state index in [4.69, 9.17) is 25.9 Å². The number of pyridine rings is 1. The van der Waals surface area contributed by atoms with Crippen molar-refractivity contribution < 1.29 is 33.4 Å². The first-order valence-electron chi connectivity index (χ1n) is 22.0. The number of nitrogens with zero attached hydrogens (tertiary/aromatic N) is 3. The molecule has 5 amide bonds. The number of aryl methyl sites for hydroxylation is 1. The van der Waals surface area contributed by atoms with Crippen molar-refractivity contribution in [2.24, 2.45) is 11.5 Å². The Morgan fingerprint density at radius 3 is 2.20 bits per heavy atom. The minimum Gasteiger partial charge on any atom is -0.492 e. The number of hydrogen-bond acceptors (Lipinski definition) is 11. The number of carbonyl (C=O) groups is 5. The van der Waals surface area contributed by atoms with Crippen molar-refractivity contribution in [3.63, 3.8) is 0 Å². The zero-order valence-electron chi connectivity index (χ0n) is 38.5. The summed E-state index contributed by atoms with van der Waals surface area (Å²) in [5, 5.41) is 20.1. The molecular formula is C49H60BrN9O7. The van der Waals surface area contributed by atoms with E-state index in [9.17, 15) is 29.2 Å². The first-order valence-corrected chi connectivity index (χ1v) is 22.8. The minimum absolute atomic E-state index is 0.0130. The lowest BCUT2D eigenvalue weighted by molar-refractivity contribution is -0.141. The van der Waals surface area contributed by atoms with Crippen molar-refractivity contribution in [3.8, 4) is 40.0 Å². The van der Waals surface area contributed by atoms with Crippen molar-refractivity contribution in [3.05, 3.63) is 99.2 Å². The van der Waals surface area contributed by atoms with Gasteiger partial charge in [-0.15, -0.1) is 0 Å². The molecule has 5 rings (SSSR count). The van der Waals surface area contributed by atoms with Crippen LogP contribution in [0.25, 0.3) is 22.4 Å². The van der Waals surface area contributed by atoms with E-state index < -0.39 is 53.7 Å². The van der Waals surface area contributed by atoms with Crippen molar-refractivity contribution >= 4 is 45.5 Å². The van der Waals surface area contributed by atoms with Crippen LogP contribution in [-0.4, -0.2) is 97.4 Å². The fourth-order valence-electron chi connectivity index (χ4n) is 7.63. The number of amides is 5. The largest absolute Gasteiger partial charge is 0.492 e. The van der Waals surface area contributed by atoms with Crippen LogP contribution in [0.15, 0.2) is 71.2 Å². The average molecular weight is 967 g/mol. The van der Waals surface area contributed by atoms with Gasteiger partial charge in [-0.25, -0.2) is 0 Å². The van der Waals surface area contributed by atoms with E-state index in [0.29, 0.717) is 56.0 Å². The van der Waals surface area contributed by atoms with Crippen LogP contribution in [0.2, 0.25) is 0 Å². The number of halogens is 1. The summed E-state index contributed by atoms with van der Waals surface area (Å²) >= 11 is 3.62. The molecule has 0 saturated heterocycles. The molecule has 0 spiro atoms. The van der Waals surface area contributed by atoms with Gasteiger partial charge in [0.25, 0.3) is 5.91 Å².